The number of hydrogen-bond donors (Lipinski definition) is 3. The van der Waals surface area contributed by atoms with Gasteiger partial charge in [-0.15, -0.1) is 11.6 Å². The topological polar surface area (TPSA) is 96.2 Å². The van der Waals surface area contributed by atoms with E-state index in [1.165, 1.54) is 0 Å². The van der Waals surface area contributed by atoms with Crippen LogP contribution in [0.25, 0.3) is 0 Å². The first-order valence-corrected chi connectivity index (χ1v) is 5.51. The smallest absolute Gasteiger partial charge is 0.394 e. The Hall–Kier alpha value is 0.320. The summed E-state index contributed by atoms with van der Waals surface area (Å²) in [6.45, 7) is -1.13. The van der Waals surface area contributed by atoms with Crippen molar-refractivity contribution in [3.63, 3.8) is 0 Å². The largest absolute Gasteiger partial charge is 0.472 e. The number of hydrogen-bond acceptors (Lipinski definition) is 5. The van der Waals surface area contributed by atoms with Crippen molar-refractivity contribution in [3.05, 3.63) is 0 Å². The van der Waals surface area contributed by atoms with E-state index in [-0.39, 0.29) is 12.5 Å². The Morgan fingerprint density at radius 3 is 2.54 bits per heavy atom. The second-order valence-corrected chi connectivity index (χ2v) is 3.95. The first kappa shape index (κ1) is 13.3. The Morgan fingerprint density at radius 1 is 1.46 bits per heavy atom. The third-order valence-corrected chi connectivity index (χ3v) is 2.11. The van der Waals surface area contributed by atoms with Gasteiger partial charge >= 0.3 is 7.82 Å². The van der Waals surface area contributed by atoms with E-state index in [1.807, 2.05) is 0 Å². The third kappa shape index (κ3) is 7.40. The molecule has 0 fully saturated rings. The van der Waals surface area contributed by atoms with Gasteiger partial charge in [-0.3, -0.25) is 9.05 Å². The standard InChI is InChI=1S/C5H12ClO6P/c6-1-2-11-13(9,10)12-4-5(8)3-7/h5,7-8H,1-4H2,(H,9,10)/t5-/m1/s1. The Labute approximate surface area is 80.7 Å². The molecule has 0 aliphatic heterocycles. The van der Waals surface area contributed by atoms with Crippen molar-refractivity contribution >= 4 is 19.4 Å². The molecule has 0 spiro atoms. The van der Waals surface area contributed by atoms with Gasteiger partial charge in [-0.05, 0) is 0 Å². The number of phosphoric acid groups is 1. The maximum absolute atomic E-state index is 10.9. The fraction of sp³-hybridized carbons (Fsp3) is 1.00. The van der Waals surface area contributed by atoms with Crippen molar-refractivity contribution < 1.29 is 28.7 Å². The van der Waals surface area contributed by atoms with Crippen molar-refractivity contribution in [3.8, 4) is 0 Å². The fourth-order valence-electron chi connectivity index (χ4n) is 0.420. The summed E-state index contributed by atoms with van der Waals surface area (Å²) < 4.78 is 19.5. The quantitative estimate of drug-likeness (QED) is 0.414. The second-order valence-electron chi connectivity index (χ2n) is 2.12. The summed E-state index contributed by atoms with van der Waals surface area (Å²) in [5.41, 5.74) is 0. The van der Waals surface area contributed by atoms with Crippen LogP contribution in [0.3, 0.4) is 0 Å². The number of phosphoric ester groups is 1. The molecule has 0 bridgehead atoms. The van der Waals surface area contributed by atoms with Gasteiger partial charge in [0.05, 0.1) is 19.8 Å². The van der Waals surface area contributed by atoms with Crippen molar-refractivity contribution in [1.29, 1.82) is 0 Å². The molecule has 0 rings (SSSR count). The van der Waals surface area contributed by atoms with E-state index in [4.69, 9.17) is 26.7 Å². The zero-order chi connectivity index (χ0) is 10.3. The Kier molecular flexibility index (Phi) is 6.89. The molecule has 13 heavy (non-hydrogen) atoms. The van der Waals surface area contributed by atoms with Gasteiger partial charge in [0, 0.05) is 5.88 Å². The van der Waals surface area contributed by atoms with E-state index in [1.54, 1.807) is 0 Å². The lowest BCUT2D eigenvalue weighted by Crippen LogP contribution is -2.18. The maximum Gasteiger partial charge on any atom is 0.472 e. The molecule has 0 heterocycles. The highest BCUT2D eigenvalue weighted by Crippen LogP contribution is 2.42. The summed E-state index contributed by atoms with van der Waals surface area (Å²) in [7, 11) is -4.13. The van der Waals surface area contributed by atoms with E-state index in [9.17, 15) is 4.57 Å². The van der Waals surface area contributed by atoms with Crippen LogP contribution in [0.1, 0.15) is 0 Å². The van der Waals surface area contributed by atoms with Gasteiger partial charge in [0.15, 0.2) is 0 Å². The zero-order valence-corrected chi connectivity index (χ0v) is 8.45. The Bertz CT molecular complexity index is 176. The SMILES string of the molecule is O=P(O)(OCCCl)OC[C@H](O)CO. The zero-order valence-electron chi connectivity index (χ0n) is 6.80. The summed E-state index contributed by atoms with van der Waals surface area (Å²) in [6.07, 6.45) is -1.19. The molecular weight excluding hydrogens is 222 g/mol. The summed E-state index contributed by atoms with van der Waals surface area (Å²) in [6, 6.07) is 0. The van der Waals surface area contributed by atoms with Crippen LogP contribution in [-0.2, 0) is 13.6 Å². The highest BCUT2D eigenvalue weighted by molar-refractivity contribution is 7.47. The summed E-state index contributed by atoms with van der Waals surface area (Å²) in [5, 5.41) is 17.1. The molecule has 0 radical (unpaired) electrons. The Balaban J connectivity index is 3.68. The third-order valence-electron chi connectivity index (χ3n) is 0.972. The monoisotopic (exact) mass is 234 g/mol. The van der Waals surface area contributed by atoms with E-state index in [0.717, 1.165) is 0 Å². The lowest BCUT2D eigenvalue weighted by Gasteiger charge is -2.12. The fourth-order valence-corrected chi connectivity index (χ4v) is 1.36. The molecule has 8 heteroatoms. The molecule has 3 N–H and O–H groups in total. The molecule has 0 amide bonds. The molecule has 80 valence electrons. The number of aliphatic hydroxyl groups is 2. The van der Waals surface area contributed by atoms with Crippen LogP contribution in [0.5, 0.6) is 0 Å². The van der Waals surface area contributed by atoms with Gasteiger partial charge in [-0.25, -0.2) is 4.57 Å². The van der Waals surface area contributed by atoms with E-state index >= 15 is 0 Å². The molecule has 0 aromatic heterocycles. The molecule has 0 aromatic carbocycles. The molecular formula is C5H12ClO6P. The van der Waals surface area contributed by atoms with Crippen LogP contribution in [0.4, 0.5) is 0 Å². The normalized spacial score (nSPS) is 18.2. The average Bonchev–Trinajstić information content (AvgIpc) is 2.11. The summed E-state index contributed by atoms with van der Waals surface area (Å²) >= 11 is 5.20. The second kappa shape index (κ2) is 6.73. The number of rotatable bonds is 7. The molecule has 1 unspecified atom stereocenters. The van der Waals surface area contributed by atoms with Gasteiger partial charge in [0.1, 0.15) is 6.10 Å². The lowest BCUT2D eigenvalue weighted by molar-refractivity contribution is 0.0371. The van der Waals surface area contributed by atoms with Gasteiger partial charge in [0.2, 0.25) is 0 Å². The minimum atomic E-state index is -4.13. The average molecular weight is 235 g/mol. The molecule has 0 aliphatic carbocycles. The predicted octanol–water partition coefficient (Wildman–Crippen LogP) is -0.288. The number of aliphatic hydroxyl groups excluding tert-OH is 2. The predicted molar refractivity (Wildman–Crippen MR) is 45.5 cm³/mol. The van der Waals surface area contributed by atoms with Crippen LogP contribution >= 0.6 is 19.4 Å². The van der Waals surface area contributed by atoms with Crippen LogP contribution in [0.2, 0.25) is 0 Å². The minimum absolute atomic E-state index is 0.0659. The molecule has 0 saturated heterocycles. The van der Waals surface area contributed by atoms with Gasteiger partial charge in [0.25, 0.3) is 0 Å². The minimum Gasteiger partial charge on any atom is -0.394 e. The highest BCUT2D eigenvalue weighted by Gasteiger charge is 2.21. The Morgan fingerprint density at radius 2 is 2.08 bits per heavy atom. The highest BCUT2D eigenvalue weighted by atomic mass is 35.5. The van der Waals surface area contributed by atoms with Gasteiger partial charge in [-0.2, -0.15) is 0 Å². The van der Waals surface area contributed by atoms with Crippen molar-refractivity contribution in [2.75, 3.05) is 25.7 Å². The van der Waals surface area contributed by atoms with E-state index in [2.05, 4.69) is 9.05 Å². The number of halogens is 1. The van der Waals surface area contributed by atoms with Crippen LogP contribution in [0, 0.1) is 0 Å². The summed E-state index contributed by atoms with van der Waals surface area (Å²) in [4.78, 5) is 8.85. The molecule has 0 saturated carbocycles. The molecule has 2 atom stereocenters. The van der Waals surface area contributed by atoms with Gasteiger partial charge in [-0.1, -0.05) is 0 Å². The maximum atomic E-state index is 10.9. The first-order valence-electron chi connectivity index (χ1n) is 3.48. The van der Waals surface area contributed by atoms with Crippen LogP contribution < -0.4 is 0 Å². The molecule has 0 aliphatic rings. The van der Waals surface area contributed by atoms with Crippen molar-refractivity contribution in [2.45, 2.75) is 6.10 Å². The van der Waals surface area contributed by atoms with E-state index in [0.29, 0.717) is 0 Å². The molecule has 6 nitrogen and oxygen atoms in total. The van der Waals surface area contributed by atoms with Crippen molar-refractivity contribution in [1.82, 2.24) is 0 Å². The van der Waals surface area contributed by atoms with Crippen LogP contribution in [-0.4, -0.2) is 46.9 Å². The van der Waals surface area contributed by atoms with Gasteiger partial charge < -0.3 is 15.1 Å². The number of alkyl halides is 1. The van der Waals surface area contributed by atoms with Crippen molar-refractivity contribution in [2.24, 2.45) is 0 Å². The van der Waals surface area contributed by atoms with E-state index < -0.39 is 27.1 Å². The molecule has 0 aromatic rings. The van der Waals surface area contributed by atoms with Crippen LogP contribution in [0.15, 0.2) is 0 Å². The first-order chi connectivity index (χ1) is 6.02. The summed E-state index contributed by atoms with van der Waals surface area (Å²) in [5.74, 6) is 0.0659. The lowest BCUT2D eigenvalue weighted by atomic mass is 10.4.